The minimum Gasteiger partial charge on any atom is -0.478 e. The van der Waals surface area contributed by atoms with E-state index in [2.05, 4.69) is 16.0 Å². The fraction of sp³-hybridized carbons (Fsp3) is 0.0357. The molecule has 6 heteroatoms. The predicted octanol–water partition coefficient (Wildman–Crippen LogP) is 6.57. The van der Waals surface area contributed by atoms with E-state index in [-0.39, 0.29) is 5.56 Å². The van der Waals surface area contributed by atoms with Crippen molar-refractivity contribution in [2.24, 2.45) is 0 Å². The zero-order chi connectivity index (χ0) is 23.7. The summed E-state index contributed by atoms with van der Waals surface area (Å²) < 4.78 is 5.85. The number of nitrogens with one attached hydrogen (secondary N) is 1. The number of aromatic carboxylic acids is 1. The molecule has 5 aromatic rings. The van der Waals surface area contributed by atoms with Crippen molar-refractivity contribution in [2.45, 2.75) is 6.92 Å². The lowest BCUT2D eigenvalue weighted by atomic mass is 10.0. The fourth-order valence-corrected chi connectivity index (χ4v) is 3.83. The molecular formula is C28H19N3O3. The number of fused-ring (bicyclic) bond motifs is 1. The van der Waals surface area contributed by atoms with E-state index in [1.165, 1.54) is 0 Å². The van der Waals surface area contributed by atoms with Crippen LogP contribution in [0.3, 0.4) is 0 Å². The number of aryl methyl sites for hydroxylation is 1. The van der Waals surface area contributed by atoms with Crippen molar-refractivity contribution >= 4 is 17.0 Å². The third-order valence-electron chi connectivity index (χ3n) is 5.53. The first-order valence-corrected chi connectivity index (χ1v) is 10.6. The van der Waals surface area contributed by atoms with Gasteiger partial charge in [-0.05, 0) is 72.1 Å². The van der Waals surface area contributed by atoms with Crippen molar-refractivity contribution < 1.29 is 14.6 Å². The number of rotatable bonds is 5. The topological polar surface area (TPSA) is 99.0 Å². The third kappa shape index (κ3) is 4.10. The highest BCUT2D eigenvalue weighted by molar-refractivity contribution is 6.02. The van der Waals surface area contributed by atoms with Gasteiger partial charge in [0.05, 0.1) is 22.7 Å². The number of hydrogen-bond acceptors (Lipinski definition) is 4. The van der Waals surface area contributed by atoms with Gasteiger partial charge < -0.3 is 14.8 Å². The number of carboxylic acids is 1. The third-order valence-corrected chi connectivity index (χ3v) is 5.53. The van der Waals surface area contributed by atoms with E-state index < -0.39 is 5.97 Å². The summed E-state index contributed by atoms with van der Waals surface area (Å²) in [5.74, 6) is 1.01. The maximum Gasteiger partial charge on any atom is 0.337 e. The van der Waals surface area contributed by atoms with E-state index in [1.807, 2.05) is 61.5 Å². The molecule has 4 aromatic carbocycles. The molecule has 0 amide bonds. The van der Waals surface area contributed by atoms with Gasteiger partial charge in [0.2, 0.25) is 0 Å². The molecule has 34 heavy (non-hydrogen) atoms. The summed E-state index contributed by atoms with van der Waals surface area (Å²) in [4.78, 5) is 19.4. The Morgan fingerprint density at radius 3 is 2.03 bits per heavy atom. The van der Waals surface area contributed by atoms with E-state index in [0.29, 0.717) is 33.9 Å². The monoisotopic (exact) mass is 445 g/mol. The minimum absolute atomic E-state index is 0.192. The van der Waals surface area contributed by atoms with Crippen LogP contribution >= 0.6 is 0 Å². The maximum atomic E-state index is 11.6. The predicted molar refractivity (Wildman–Crippen MR) is 130 cm³/mol. The number of hydrogen-bond donors (Lipinski definition) is 2. The number of H-pyrrole nitrogens is 1. The van der Waals surface area contributed by atoms with Crippen LogP contribution in [0.2, 0.25) is 0 Å². The first-order valence-electron chi connectivity index (χ1n) is 10.6. The van der Waals surface area contributed by atoms with Gasteiger partial charge in [0.15, 0.2) is 0 Å². The van der Waals surface area contributed by atoms with Crippen LogP contribution < -0.4 is 4.74 Å². The van der Waals surface area contributed by atoms with Crippen LogP contribution in [0.4, 0.5) is 0 Å². The molecular weight excluding hydrogens is 426 g/mol. The SMILES string of the molecule is Cc1cc(C(=O)O)c2nc(-c3ccc(-c4ccc(Oc5ccc(C#N)cc5)cc4)cc3)[nH]c2c1. The van der Waals surface area contributed by atoms with Crippen LogP contribution in [0.5, 0.6) is 11.5 Å². The number of carbonyl (C=O) groups is 1. The Labute approximate surface area is 195 Å². The second kappa shape index (κ2) is 8.57. The number of aromatic amines is 1. The number of imidazole rings is 1. The zero-order valence-electron chi connectivity index (χ0n) is 18.2. The Morgan fingerprint density at radius 2 is 1.44 bits per heavy atom. The van der Waals surface area contributed by atoms with Gasteiger partial charge in [-0.3, -0.25) is 0 Å². The molecule has 6 nitrogen and oxygen atoms in total. The highest BCUT2D eigenvalue weighted by Crippen LogP contribution is 2.29. The van der Waals surface area contributed by atoms with E-state index in [4.69, 9.17) is 10.00 Å². The van der Waals surface area contributed by atoms with E-state index in [9.17, 15) is 9.90 Å². The molecule has 2 N–H and O–H groups in total. The van der Waals surface area contributed by atoms with Crippen molar-refractivity contribution in [1.82, 2.24) is 9.97 Å². The van der Waals surface area contributed by atoms with E-state index >= 15 is 0 Å². The van der Waals surface area contributed by atoms with Crippen LogP contribution in [0, 0.1) is 18.3 Å². The quantitative estimate of drug-likeness (QED) is 0.319. The number of benzene rings is 4. The molecule has 1 aromatic heterocycles. The molecule has 1 heterocycles. The number of carboxylic acid groups (broad SMARTS) is 1. The Bertz CT molecular complexity index is 1540. The van der Waals surface area contributed by atoms with Gasteiger partial charge in [0.1, 0.15) is 22.8 Å². The van der Waals surface area contributed by atoms with Crippen molar-refractivity contribution in [3.8, 4) is 40.1 Å². The average Bonchev–Trinajstić information content (AvgIpc) is 3.28. The molecule has 0 fully saturated rings. The first kappa shape index (κ1) is 21.0. The fourth-order valence-electron chi connectivity index (χ4n) is 3.83. The Kier molecular flexibility index (Phi) is 5.29. The Morgan fingerprint density at radius 1 is 0.882 bits per heavy atom. The molecule has 0 spiro atoms. The van der Waals surface area contributed by atoms with Gasteiger partial charge >= 0.3 is 5.97 Å². The summed E-state index contributed by atoms with van der Waals surface area (Å²) in [7, 11) is 0. The molecule has 0 atom stereocenters. The molecule has 0 aliphatic carbocycles. The van der Waals surface area contributed by atoms with Gasteiger partial charge in [-0.2, -0.15) is 5.26 Å². The lowest BCUT2D eigenvalue weighted by molar-refractivity contribution is 0.0698. The summed E-state index contributed by atoms with van der Waals surface area (Å²) in [6.07, 6.45) is 0. The molecule has 0 saturated heterocycles. The zero-order valence-corrected chi connectivity index (χ0v) is 18.2. The molecule has 0 unspecified atom stereocenters. The second-order valence-electron chi connectivity index (χ2n) is 7.94. The van der Waals surface area contributed by atoms with Crippen molar-refractivity contribution in [3.63, 3.8) is 0 Å². The van der Waals surface area contributed by atoms with Crippen LogP contribution in [0.25, 0.3) is 33.5 Å². The van der Waals surface area contributed by atoms with Gasteiger partial charge in [-0.25, -0.2) is 9.78 Å². The van der Waals surface area contributed by atoms with Crippen molar-refractivity contribution in [2.75, 3.05) is 0 Å². The minimum atomic E-state index is -0.992. The van der Waals surface area contributed by atoms with Crippen LogP contribution in [-0.2, 0) is 0 Å². The number of ether oxygens (including phenoxy) is 1. The summed E-state index contributed by atoms with van der Waals surface area (Å²) in [5, 5.41) is 18.4. The lowest BCUT2D eigenvalue weighted by Gasteiger charge is -2.07. The smallest absolute Gasteiger partial charge is 0.337 e. The molecule has 0 radical (unpaired) electrons. The molecule has 0 bridgehead atoms. The standard InChI is InChI=1S/C28H19N3O3/c1-17-14-24(28(32)33)26-25(15-17)30-27(31-26)21-6-4-19(5-7-21)20-8-12-23(13-9-20)34-22-10-2-18(16-29)3-11-22/h2-15H,1H3,(H,30,31)(H,32,33). The Balaban J connectivity index is 1.36. The van der Waals surface area contributed by atoms with Crippen molar-refractivity contribution in [1.29, 1.82) is 5.26 Å². The van der Waals surface area contributed by atoms with Gasteiger partial charge in [-0.15, -0.1) is 0 Å². The number of nitriles is 1. The largest absolute Gasteiger partial charge is 0.478 e. The highest BCUT2D eigenvalue weighted by atomic mass is 16.5. The summed E-state index contributed by atoms with van der Waals surface area (Å²) in [6, 6.07) is 28.3. The van der Waals surface area contributed by atoms with E-state index in [1.54, 1.807) is 30.3 Å². The molecule has 164 valence electrons. The molecule has 0 saturated carbocycles. The van der Waals surface area contributed by atoms with Crippen LogP contribution in [-0.4, -0.2) is 21.0 Å². The van der Waals surface area contributed by atoms with Gasteiger partial charge in [0.25, 0.3) is 0 Å². The van der Waals surface area contributed by atoms with Gasteiger partial charge in [-0.1, -0.05) is 36.4 Å². The lowest BCUT2D eigenvalue weighted by Crippen LogP contribution is -1.98. The van der Waals surface area contributed by atoms with Crippen LogP contribution in [0.1, 0.15) is 21.5 Å². The normalized spacial score (nSPS) is 10.7. The van der Waals surface area contributed by atoms with Crippen molar-refractivity contribution in [3.05, 3.63) is 102 Å². The average molecular weight is 445 g/mol. The first-order chi connectivity index (χ1) is 16.5. The number of aromatic nitrogens is 2. The summed E-state index contributed by atoms with van der Waals surface area (Å²) >= 11 is 0. The Hall–Kier alpha value is -4.89. The van der Waals surface area contributed by atoms with E-state index in [0.717, 1.165) is 22.3 Å². The molecule has 5 rings (SSSR count). The second-order valence-corrected chi connectivity index (χ2v) is 7.94. The van der Waals surface area contributed by atoms with Crippen LogP contribution in [0.15, 0.2) is 84.9 Å². The molecule has 0 aliphatic rings. The highest BCUT2D eigenvalue weighted by Gasteiger charge is 2.14. The van der Waals surface area contributed by atoms with Gasteiger partial charge in [0, 0.05) is 5.56 Å². The maximum absolute atomic E-state index is 11.6. The summed E-state index contributed by atoms with van der Waals surface area (Å²) in [6.45, 7) is 1.86. The summed E-state index contributed by atoms with van der Waals surface area (Å²) in [5.41, 5.74) is 5.74. The molecule has 0 aliphatic heterocycles. The number of nitrogens with zero attached hydrogens (tertiary/aromatic N) is 2.